The average molecular weight is 505 g/mol. The van der Waals surface area contributed by atoms with Crippen LogP contribution in [0.5, 0.6) is 17.2 Å². The van der Waals surface area contributed by atoms with Gasteiger partial charge in [-0.05, 0) is 42.2 Å². The Morgan fingerprint density at radius 2 is 1.81 bits per heavy atom. The van der Waals surface area contributed by atoms with Crippen LogP contribution in [0.1, 0.15) is 47.9 Å². The van der Waals surface area contributed by atoms with Gasteiger partial charge in [0.05, 0.1) is 19.8 Å². The van der Waals surface area contributed by atoms with Crippen LogP contribution in [0.3, 0.4) is 0 Å². The van der Waals surface area contributed by atoms with Gasteiger partial charge in [0.2, 0.25) is 24.1 Å². The molecule has 6 rings (SSSR count). The van der Waals surface area contributed by atoms with Gasteiger partial charge in [0.15, 0.2) is 17.3 Å². The van der Waals surface area contributed by atoms with Crippen LogP contribution < -0.4 is 14.2 Å². The first-order chi connectivity index (χ1) is 17.9. The molecule has 0 amide bonds. The van der Waals surface area contributed by atoms with E-state index in [0.717, 1.165) is 16.7 Å². The highest BCUT2D eigenvalue weighted by atomic mass is 16.7. The molecule has 0 radical (unpaired) electrons. The number of benzene rings is 2. The number of carbonyl (C=O) groups is 2. The largest absolute Gasteiger partial charge is 0.496 e. The van der Waals surface area contributed by atoms with Crippen molar-refractivity contribution in [3.8, 4) is 17.2 Å². The van der Waals surface area contributed by atoms with Crippen molar-refractivity contribution in [2.24, 2.45) is 11.8 Å². The molecule has 1 unspecified atom stereocenters. The summed E-state index contributed by atoms with van der Waals surface area (Å²) in [6, 6.07) is 10.8. The highest BCUT2D eigenvalue weighted by Gasteiger charge is 2.58. The summed E-state index contributed by atoms with van der Waals surface area (Å²) in [6.45, 7) is 4.40. The van der Waals surface area contributed by atoms with E-state index in [4.69, 9.17) is 28.4 Å². The smallest absolute Gasteiger partial charge is 0.338 e. The number of ether oxygens (including phenoxy) is 6. The van der Waals surface area contributed by atoms with Crippen molar-refractivity contribution in [2.45, 2.75) is 31.8 Å². The van der Waals surface area contributed by atoms with E-state index in [-0.39, 0.29) is 36.8 Å². The van der Waals surface area contributed by atoms with Crippen molar-refractivity contribution < 1.29 is 38.0 Å². The number of hydrogen-bond donors (Lipinski definition) is 0. The minimum atomic E-state index is -0.939. The van der Waals surface area contributed by atoms with E-state index in [1.165, 1.54) is 14.2 Å². The van der Waals surface area contributed by atoms with Gasteiger partial charge in [0, 0.05) is 17.0 Å². The third-order valence-electron chi connectivity index (χ3n) is 8.06. The lowest BCUT2D eigenvalue weighted by Crippen LogP contribution is -2.42. The molecule has 192 valence electrons. The molecule has 2 aliphatic heterocycles. The second-order valence-electron chi connectivity index (χ2n) is 9.93. The molecule has 8 nitrogen and oxygen atoms in total. The maximum atomic E-state index is 13.3. The lowest BCUT2D eigenvalue weighted by atomic mass is 9.62. The fraction of sp³-hybridized carbons (Fsp3) is 0.379. The van der Waals surface area contributed by atoms with Gasteiger partial charge >= 0.3 is 5.97 Å². The summed E-state index contributed by atoms with van der Waals surface area (Å²) < 4.78 is 35.6. The van der Waals surface area contributed by atoms with Gasteiger partial charge in [-0.15, -0.1) is 0 Å². The number of esters is 1. The summed E-state index contributed by atoms with van der Waals surface area (Å²) in [4.78, 5) is 26.4. The topological polar surface area (TPSA) is 89.5 Å². The summed E-state index contributed by atoms with van der Waals surface area (Å²) in [6.07, 6.45) is 1.60. The van der Waals surface area contributed by atoms with Crippen LogP contribution in [0.25, 0.3) is 0 Å². The van der Waals surface area contributed by atoms with E-state index >= 15 is 0 Å². The molecule has 0 aromatic heterocycles. The molecular weight excluding hydrogens is 476 g/mol. The van der Waals surface area contributed by atoms with Crippen molar-refractivity contribution in [2.75, 3.05) is 27.6 Å². The number of methoxy groups -OCH3 is 2. The van der Waals surface area contributed by atoms with Crippen LogP contribution in [-0.4, -0.2) is 39.4 Å². The zero-order chi connectivity index (χ0) is 25.9. The minimum absolute atomic E-state index is 0.0503. The molecule has 2 aliphatic carbocycles. The lowest BCUT2D eigenvalue weighted by molar-refractivity contribution is -0.115. The van der Waals surface area contributed by atoms with E-state index in [0.29, 0.717) is 35.0 Å². The van der Waals surface area contributed by atoms with Crippen molar-refractivity contribution in [1.29, 1.82) is 0 Å². The van der Waals surface area contributed by atoms with Gasteiger partial charge in [-0.2, -0.15) is 0 Å². The van der Waals surface area contributed by atoms with E-state index < -0.39 is 17.5 Å². The Morgan fingerprint density at radius 3 is 2.54 bits per heavy atom. The van der Waals surface area contributed by atoms with E-state index in [1.807, 2.05) is 12.1 Å². The first-order valence-corrected chi connectivity index (χ1v) is 12.3. The molecule has 0 N–H and O–H groups in total. The first kappa shape index (κ1) is 23.5. The Bertz CT molecular complexity index is 1360. The minimum Gasteiger partial charge on any atom is -0.496 e. The summed E-state index contributed by atoms with van der Waals surface area (Å²) in [5.41, 5.74) is 1.90. The second-order valence-corrected chi connectivity index (χ2v) is 9.93. The van der Waals surface area contributed by atoms with Crippen LogP contribution in [0, 0.1) is 11.8 Å². The van der Waals surface area contributed by atoms with E-state index in [9.17, 15) is 9.59 Å². The molecule has 8 heteroatoms. The summed E-state index contributed by atoms with van der Waals surface area (Å²) >= 11 is 0. The van der Waals surface area contributed by atoms with Crippen molar-refractivity contribution in [1.82, 2.24) is 0 Å². The monoisotopic (exact) mass is 504 g/mol. The number of carbonyl (C=O) groups excluding carboxylic acids is 2. The van der Waals surface area contributed by atoms with Gasteiger partial charge in [-0.25, -0.2) is 4.79 Å². The SMILES string of the molecule is COC1=C(OC)C23COc4c5c(cc(c42)[C@@H](OC(=O)c2ccccc2)[C@H](C)[C@@H](C)CC3=CC1=O)OCO5. The fourth-order valence-electron chi connectivity index (χ4n) is 6.05. The molecule has 0 bridgehead atoms. The molecule has 2 heterocycles. The van der Waals surface area contributed by atoms with E-state index in [2.05, 4.69) is 13.8 Å². The Balaban J connectivity index is 1.62. The Hall–Kier alpha value is -3.94. The third kappa shape index (κ3) is 3.27. The number of allylic oxidation sites excluding steroid dienone is 1. The quantitative estimate of drug-likeness (QED) is 0.557. The highest BCUT2D eigenvalue weighted by molar-refractivity contribution is 6.05. The van der Waals surface area contributed by atoms with Gasteiger partial charge in [0.1, 0.15) is 18.1 Å². The molecule has 2 aromatic carbocycles. The van der Waals surface area contributed by atoms with Gasteiger partial charge in [-0.1, -0.05) is 32.0 Å². The number of fused-ring (bicyclic) bond motifs is 2. The predicted octanol–water partition coefficient (Wildman–Crippen LogP) is 4.63. The van der Waals surface area contributed by atoms with Crippen molar-refractivity contribution >= 4 is 11.8 Å². The van der Waals surface area contributed by atoms with Crippen LogP contribution >= 0.6 is 0 Å². The molecule has 4 atom stereocenters. The van der Waals surface area contributed by atoms with Gasteiger partial charge in [0.25, 0.3) is 0 Å². The van der Waals surface area contributed by atoms with Crippen LogP contribution in [-0.2, 0) is 24.4 Å². The van der Waals surface area contributed by atoms with Crippen LogP contribution in [0.15, 0.2) is 59.6 Å². The molecule has 0 fully saturated rings. The highest BCUT2D eigenvalue weighted by Crippen LogP contribution is 2.62. The van der Waals surface area contributed by atoms with Crippen LogP contribution in [0.4, 0.5) is 0 Å². The standard InChI is InChI=1S/C29H28O8/c1-15-10-18-11-20(30)24(32-3)27(33-4)29(18)13-34-26-22(29)19(12-21-25(26)36-14-35-21)23(16(15)2)37-28(31)17-8-6-5-7-9-17/h5-9,11-12,15-16,23H,10,13-14H2,1-4H3/t15-,16+,23-,29?/m0/s1. The summed E-state index contributed by atoms with van der Waals surface area (Å²) in [5.74, 6) is 1.34. The fourth-order valence-corrected chi connectivity index (χ4v) is 6.05. The second kappa shape index (κ2) is 8.57. The van der Waals surface area contributed by atoms with E-state index in [1.54, 1.807) is 30.3 Å². The zero-order valence-electron chi connectivity index (χ0n) is 21.2. The average Bonchev–Trinajstić information content (AvgIpc) is 3.53. The molecule has 0 saturated carbocycles. The molecule has 2 aromatic rings. The molecule has 4 aliphatic rings. The maximum absolute atomic E-state index is 13.3. The molecule has 0 saturated heterocycles. The van der Waals surface area contributed by atoms with Crippen molar-refractivity contribution in [3.63, 3.8) is 0 Å². The maximum Gasteiger partial charge on any atom is 0.338 e. The number of ketones is 1. The Kier molecular flexibility index (Phi) is 5.44. The van der Waals surface area contributed by atoms with Gasteiger partial charge < -0.3 is 28.4 Å². The third-order valence-corrected chi connectivity index (χ3v) is 8.06. The predicted molar refractivity (Wildman–Crippen MR) is 131 cm³/mol. The summed E-state index contributed by atoms with van der Waals surface area (Å²) in [7, 11) is 2.98. The first-order valence-electron chi connectivity index (χ1n) is 12.3. The van der Waals surface area contributed by atoms with Gasteiger partial charge in [-0.3, -0.25) is 4.79 Å². The summed E-state index contributed by atoms with van der Waals surface area (Å²) in [5, 5.41) is 0. The van der Waals surface area contributed by atoms with Crippen LogP contribution in [0.2, 0.25) is 0 Å². The van der Waals surface area contributed by atoms with Crippen molar-refractivity contribution in [3.05, 3.63) is 76.3 Å². The number of rotatable bonds is 4. The zero-order valence-corrected chi connectivity index (χ0v) is 21.2. The lowest BCUT2D eigenvalue weighted by Gasteiger charge is -2.42. The normalized spacial score (nSPS) is 27.3. The number of hydrogen-bond acceptors (Lipinski definition) is 8. The Morgan fingerprint density at radius 1 is 1.03 bits per heavy atom. The molecular formula is C29H28O8. The molecule has 37 heavy (non-hydrogen) atoms. The molecule has 1 spiro atoms. The Labute approximate surface area is 214 Å².